The molecular weight excluding hydrogens is 323 g/mol. The molecule has 2 N–H and O–H groups in total. The lowest BCUT2D eigenvalue weighted by molar-refractivity contribution is -0.0429. The maximum Gasteiger partial charge on any atom is 0.196 e. The van der Waals surface area contributed by atoms with Crippen LogP contribution in [0.5, 0.6) is 0 Å². The van der Waals surface area contributed by atoms with Gasteiger partial charge in [-0.3, -0.25) is 4.79 Å². The van der Waals surface area contributed by atoms with Gasteiger partial charge in [0.05, 0.1) is 15.6 Å². The van der Waals surface area contributed by atoms with E-state index in [1.165, 1.54) is 24.3 Å². The summed E-state index contributed by atoms with van der Waals surface area (Å²) >= 11 is 17.8. The second-order valence-corrected chi connectivity index (χ2v) is 5.29. The van der Waals surface area contributed by atoms with Gasteiger partial charge in [0.15, 0.2) is 12.1 Å². The predicted octanol–water partition coefficient (Wildman–Crippen LogP) is 3.86. The van der Waals surface area contributed by atoms with Crippen molar-refractivity contribution in [1.29, 1.82) is 0 Å². The summed E-state index contributed by atoms with van der Waals surface area (Å²) in [7, 11) is 0. The fourth-order valence-corrected chi connectivity index (χ4v) is 2.81. The Morgan fingerprint density at radius 2 is 1.55 bits per heavy atom. The first kappa shape index (κ1) is 15.3. The molecule has 2 rings (SSSR count). The van der Waals surface area contributed by atoms with Gasteiger partial charge in [0.2, 0.25) is 0 Å². The largest absolute Gasteiger partial charge is 0.364 e. The highest BCUT2D eigenvalue weighted by Gasteiger charge is 2.21. The van der Waals surface area contributed by atoms with Gasteiger partial charge in [-0.1, -0.05) is 59.1 Å². The Bertz CT molecular complexity index is 645. The lowest BCUT2D eigenvalue weighted by Gasteiger charge is -2.12. The van der Waals surface area contributed by atoms with E-state index in [2.05, 4.69) is 0 Å². The average molecular weight is 332 g/mol. The summed E-state index contributed by atoms with van der Waals surface area (Å²) in [6.07, 6.45) is -1.76. The van der Waals surface area contributed by atoms with Crippen molar-refractivity contribution in [2.24, 2.45) is 0 Å². The van der Waals surface area contributed by atoms with E-state index >= 15 is 0 Å². The summed E-state index contributed by atoms with van der Waals surface area (Å²) in [6, 6.07) is 8.92. The zero-order chi connectivity index (χ0) is 14.9. The monoisotopic (exact) mass is 330 g/mol. The van der Waals surface area contributed by atoms with Crippen molar-refractivity contribution in [2.75, 3.05) is 0 Å². The van der Waals surface area contributed by atoms with E-state index in [0.717, 1.165) is 0 Å². The van der Waals surface area contributed by atoms with Crippen LogP contribution in [0.1, 0.15) is 27.8 Å². The van der Waals surface area contributed by atoms with E-state index in [-0.39, 0.29) is 26.7 Å². The molecule has 0 heterocycles. The summed E-state index contributed by atoms with van der Waals surface area (Å²) < 4.78 is 0. The van der Waals surface area contributed by atoms with Gasteiger partial charge in [0.1, 0.15) is 0 Å². The van der Waals surface area contributed by atoms with Crippen molar-refractivity contribution in [3.63, 3.8) is 0 Å². The smallest absolute Gasteiger partial charge is 0.196 e. The van der Waals surface area contributed by atoms with Crippen molar-refractivity contribution in [2.45, 2.75) is 6.29 Å². The van der Waals surface area contributed by atoms with Gasteiger partial charge in [0, 0.05) is 16.1 Å². The second-order valence-electron chi connectivity index (χ2n) is 4.03. The van der Waals surface area contributed by atoms with Gasteiger partial charge < -0.3 is 10.2 Å². The quantitative estimate of drug-likeness (QED) is 0.663. The Morgan fingerprint density at radius 3 is 2.10 bits per heavy atom. The fourth-order valence-electron chi connectivity index (χ4n) is 1.82. The minimum absolute atomic E-state index is 0.0748. The van der Waals surface area contributed by atoms with Gasteiger partial charge >= 0.3 is 0 Å². The summed E-state index contributed by atoms with van der Waals surface area (Å²) in [5.41, 5.74) is 0.277. The zero-order valence-corrected chi connectivity index (χ0v) is 12.2. The van der Waals surface area contributed by atoms with E-state index in [1.807, 2.05) is 0 Å². The standard InChI is InChI=1S/C14H9Cl3O3/c15-7-5-10(16)12(11(17)6-7)13(18)8-3-1-2-4-9(8)14(19)20/h1-6,14,19-20H. The van der Waals surface area contributed by atoms with E-state index in [0.29, 0.717) is 5.02 Å². The Hall–Kier alpha value is -1.10. The van der Waals surface area contributed by atoms with Crippen molar-refractivity contribution in [3.8, 4) is 0 Å². The van der Waals surface area contributed by atoms with E-state index < -0.39 is 12.1 Å². The number of benzene rings is 2. The minimum Gasteiger partial charge on any atom is -0.364 e. The Morgan fingerprint density at radius 1 is 1.00 bits per heavy atom. The van der Waals surface area contributed by atoms with E-state index in [1.54, 1.807) is 12.1 Å². The summed E-state index contributed by atoms with van der Waals surface area (Å²) in [6.45, 7) is 0. The van der Waals surface area contributed by atoms with Crippen LogP contribution < -0.4 is 0 Å². The molecule has 0 spiro atoms. The third kappa shape index (κ3) is 2.97. The van der Waals surface area contributed by atoms with E-state index in [9.17, 15) is 15.0 Å². The molecule has 104 valence electrons. The molecule has 20 heavy (non-hydrogen) atoms. The summed E-state index contributed by atoms with van der Waals surface area (Å²) in [5, 5.41) is 19.1. The van der Waals surface area contributed by atoms with Crippen LogP contribution in [0.3, 0.4) is 0 Å². The highest BCUT2D eigenvalue weighted by atomic mass is 35.5. The van der Waals surface area contributed by atoms with Crippen molar-refractivity contribution >= 4 is 40.6 Å². The van der Waals surface area contributed by atoms with Crippen LogP contribution in [0.4, 0.5) is 0 Å². The van der Waals surface area contributed by atoms with Gasteiger partial charge in [-0.15, -0.1) is 0 Å². The summed E-state index contributed by atoms with van der Waals surface area (Å²) in [5.74, 6) is -0.500. The molecular formula is C14H9Cl3O3. The molecule has 0 fully saturated rings. The van der Waals surface area contributed by atoms with Crippen molar-refractivity contribution in [1.82, 2.24) is 0 Å². The van der Waals surface area contributed by atoms with Crippen LogP contribution in [0.25, 0.3) is 0 Å². The lowest BCUT2D eigenvalue weighted by atomic mass is 9.98. The second kappa shape index (κ2) is 6.12. The SMILES string of the molecule is O=C(c1ccccc1C(O)O)c1c(Cl)cc(Cl)cc1Cl. The number of aliphatic hydroxyl groups excluding tert-OH is 1. The number of aliphatic hydroxyl groups is 2. The molecule has 0 atom stereocenters. The number of hydrogen-bond acceptors (Lipinski definition) is 3. The molecule has 0 radical (unpaired) electrons. The molecule has 0 saturated heterocycles. The fraction of sp³-hybridized carbons (Fsp3) is 0.0714. The van der Waals surface area contributed by atoms with Gasteiger partial charge in [0.25, 0.3) is 0 Å². The molecule has 3 nitrogen and oxygen atoms in total. The predicted molar refractivity (Wildman–Crippen MR) is 78.5 cm³/mol. The summed E-state index contributed by atoms with van der Waals surface area (Å²) in [4.78, 5) is 12.5. The van der Waals surface area contributed by atoms with Gasteiger partial charge in [-0.05, 0) is 12.1 Å². The lowest BCUT2D eigenvalue weighted by Crippen LogP contribution is -2.09. The molecule has 0 aliphatic heterocycles. The van der Waals surface area contributed by atoms with Crippen LogP contribution in [-0.2, 0) is 0 Å². The topological polar surface area (TPSA) is 57.5 Å². The molecule has 6 heteroatoms. The Labute approximate surface area is 130 Å². The van der Waals surface area contributed by atoms with Crippen LogP contribution in [0, 0.1) is 0 Å². The maximum absolute atomic E-state index is 12.5. The molecule has 0 saturated carbocycles. The van der Waals surface area contributed by atoms with Crippen molar-refractivity contribution < 1.29 is 15.0 Å². The van der Waals surface area contributed by atoms with Crippen LogP contribution in [0.2, 0.25) is 15.1 Å². The van der Waals surface area contributed by atoms with E-state index in [4.69, 9.17) is 34.8 Å². The molecule has 2 aromatic carbocycles. The van der Waals surface area contributed by atoms with Gasteiger partial charge in [-0.25, -0.2) is 0 Å². The van der Waals surface area contributed by atoms with Crippen molar-refractivity contribution in [3.05, 3.63) is 68.2 Å². The Balaban J connectivity index is 2.58. The number of ketones is 1. The number of carbonyl (C=O) groups excluding carboxylic acids is 1. The molecule has 0 bridgehead atoms. The molecule has 2 aromatic rings. The third-order valence-corrected chi connectivity index (χ3v) is 3.53. The Kier molecular flexibility index (Phi) is 4.68. The molecule has 0 aliphatic rings. The highest BCUT2D eigenvalue weighted by molar-refractivity contribution is 6.43. The molecule has 0 unspecified atom stereocenters. The average Bonchev–Trinajstić information content (AvgIpc) is 2.37. The van der Waals surface area contributed by atoms with Crippen LogP contribution in [-0.4, -0.2) is 16.0 Å². The number of rotatable bonds is 3. The number of halogens is 3. The first-order valence-electron chi connectivity index (χ1n) is 5.56. The molecule has 0 aromatic heterocycles. The number of carbonyl (C=O) groups is 1. The highest BCUT2D eigenvalue weighted by Crippen LogP contribution is 2.32. The normalized spacial score (nSPS) is 10.9. The molecule has 0 amide bonds. The van der Waals surface area contributed by atoms with Crippen LogP contribution >= 0.6 is 34.8 Å². The number of hydrogen-bond donors (Lipinski definition) is 2. The minimum atomic E-state index is -1.76. The first-order valence-corrected chi connectivity index (χ1v) is 6.69. The van der Waals surface area contributed by atoms with Crippen LogP contribution in [0.15, 0.2) is 36.4 Å². The maximum atomic E-state index is 12.5. The molecule has 0 aliphatic carbocycles. The first-order chi connectivity index (χ1) is 9.41. The zero-order valence-electron chi connectivity index (χ0n) is 9.98. The van der Waals surface area contributed by atoms with Gasteiger partial charge in [-0.2, -0.15) is 0 Å². The third-order valence-electron chi connectivity index (χ3n) is 2.72.